The van der Waals surface area contributed by atoms with E-state index in [1.165, 1.54) is 22.1 Å². The summed E-state index contributed by atoms with van der Waals surface area (Å²) in [6.45, 7) is 1.92. The molecule has 0 saturated carbocycles. The highest BCUT2D eigenvalue weighted by atomic mass is 32.1. The molecular weight excluding hydrogens is 412 g/mol. The van der Waals surface area contributed by atoms with Gasteiger partial charge in [0.05, 0.1) is 17.3 Å². The minimum atomic E-state index is -0.374. The molecular formula is C21H18N8OS. The topological polar surface area (TPSA) is 116 Å². The Labute approximate surface area is 180 Å². The number of hydrogen-bond acceptors (Lipinski definition) is 8. The molecule has 4 heterocycles. The second kappa shape index (κ2) is 7.65. The Morgan fingerprint density at radius 3 is 2.71 bits per heavy atom. The van der Waals surface area contributed by atoms with Gasteiger partial charge in [-0.3, -0.25) is 4.40 Å². The van der Waals surface area contributed by atoms with Gasteiger partial charge in [-0.05, 0) is 31.2 Å². The fourth-order valence-corrected chi connectivity index (χ4v) is 4.14. The van der Waals surface area contributed by atoms with Crippen molar-refractivity contribution in [2.24, 2.45) is 0 Å². The smallest absolute Gasteiger partial charge is 0.339 e. The van der Waals surface area contributed by atoms with Crippen molar-refractivity contribution >= 4 is 28.6 Å². The Morgan fingerprint density at radius 2 is 1.94 bits per heavy atom. The number of anilines is 2. The lowest BCUT2D eigenvalue weighted by molar-refractivity contribution is 0.695. The second-order valence-electron chi connectivity index (χ2n) is 6.85. The molecule has 5 rings (SSSR count). The van der Waals surface area contributed by atoms with Crippen molar-refractivity contribution in [3.8, 4) is 16.3 Å². The average molecular weight is 430 g/mol. The summed E-state index contributed by atoms with van der Waals surface area (Å²) in [6.07, 6.45) is 4.81. The monoisotopic (exact) mass is 430 g/mol. The number of fused-ring (bicyclic) bond motifs is 1. The van der Waals surface area contributed by atoms with Gasteiger partial charge in [-0.25, -0.2) is 29.3 Å². The van der Waals surface area contributed by atoms with Crippen LogP contribution in [0.5, 0.6) is 0 Å². The van der Waals surface area contributed by atoms with E-state index in [9.17, 15) is 4.79 Å². The molecule has 10 heteroatoms. The first-order chi connectivity index (χ1) is 15.1. The van der Waals surface area contributed by atoms with E-state index >= 15 is 0 Å². The normalized spacial score (nSPS) is 12.2. The first kappa shape index (κ1) is 18.9. The van der Waals surface area contributed by atoms with Crippen LogP contribution < -0.4 is 16.7 Å². The molecule has 0 amide bonds. The van der Waals surface area contributed by atoms with Crippen molar-refractivity contribution < 1.29 is 0 Å². The van der Waals surface area contributed by atoms with E-state index in [0.29, 0.717) is 33.7 Å². The first-order valence-electron chi connectivity index (χ1n) is 9.56. The number of nitrogens with two attached hydrogens (primary N) is 1. The van der Waals surface area contributed by atoms with E-state index < -0.39 is 0 Å². The Bertz CT molecular complexity index is 1410. The van der Waals surface area contributed by atoms with Crippen LogP contribution in [0, 0.1) is 0 Å². The molecule has 0 saturated heterocycles. The number of nitrogens with one attached hydrogen (secondary N) is 1. The highest BCUT2D eigenvalue weighted by Gasteiger charge is 2.21. The zero-order valence-corrected chi connectivity index (χ0v) is 17.3. The number of rotatable bonds is 5. The van der Waals surface area contributed by atoms with Crippen LogP contribution in [0.2, 0.25) is 0 Å². The molecule has 0 spiro atoms. The highest BCUT2D eigenvalue weighted by molar-refractivity contribution is 7.13. The molecule has 0 bridgehead atoms. The zero-order chi connectivity index (χ0) is 21.4. The predicted octanol–water partition coefficient (Wildman–Crippen LogP) is 3.15. The van der Waals surface area contributed by atoms with Gasteiger partial charge in [0.15, 0.2) is 0 Å². The molecule has 31 heavy (non-hydrogen) atoms. The molecule has 3 N–H and O–H groups in total. The van der Waals surface area contributed by atoms with Crippen molar-refractivity contribution in [3.63, 3.8) is 0 Å². The standard InChI is InChI=1S/C21H18N8OS/c1-13(26-18-16(17(22)24-12-25-18)20-23-9-11-31-20)19-27-15-8-5-10-28(15)21(30)29(19)14-6-3-2-4-7-14/h2-13H,1H3,(H3,22,24,25,26). The van der Waals surface area contributed by atoms with Gasteiger partial charge in [-0.2, -0.15) is 0 Å². The number of aromatic nitrogens is 6. The molecule has 154 valence electrons. The fraction of sp³-hybridized carbons (Fsp3) is 0.0952. The predicted molar refractivity (Wildman–Crippen MR) is 120 cm³/mol. The Balaban J connectivity index is 1.65. The van der Waals surface area contributed by atoms with E-state index in [4.69, 9.17) is 10.7 Å². The maximum Gasteiger partial charge on any atom is 0.339 e. The number of nitrogen functional groups attached to an aromatic ring is 1. The molecule has 0 aliphatic rings. The van der Waals surface area contributed by atoms with Gasteiger partial charge < -0.3 is 11.1 Å². The summed E-state index contributed by atoms with van der Waals surface area (Å²) in [4.78, 5) is 30.9. The molecule has 1 aromatic carbocycles. The number of benzene rings is 1. The van der Waals surface area contributed by atoms with Gasteiger partial charge >= 0.3 is 5.69 Å². The van der Waals surface area contributed by atoms with Crippen molar-refractivity contribution in [2.75, 3.05) is 11.1 Å². The van der Waals surface area contributed by atoms with Crippen LogP contribution in [-0.4, -0.2) is 28.9 Å². The molecule has 0 aliphatic carbocycles. The molecule has 0 aliphatic heterocycles. The van der Waals surface area contributed by atoms with Gasteiger partial charge in [0.1, 0.15) is 34.4 Å². The first-order valence-corrected chi connectivity index (χ1v) is 10.4. The van der Waals surface area contributed by atoms with Gasteiger partial charge in [0.2, 0.25) is 0 Å². The van der Waals surface area contributed by atoms with Gasteiger partial charge in [0.25, 0.3) is 0 Å². The SMILES string of the molecule is CC(Nc1ncnc(N)c1-c1nccs1)c1nc2cccn2c(=O)n1-c1ccccc1. The maximum atomic E-state index is 13.3. The third-order valence-corrected chi connectivity index (χ3v) is 5.65. The molecule has 1 atom stereocenters. The molecule has 0 radical (unpaired) electrons. The third kappa shape index (κ3) is 3.32. The van der Waals surface area contributed by atoms with Gasteiger partial charge in [0, 0.05) is 17.8 Å². The lowest BCUT2D eigenvalue weighted by atomic mass is 10.2. The van der Waals surface area contributed by atoms with Crippen molar-refractivity contribution in [1.82, 2.24) is 28.9 Å². The van der Waals surface area contributed by atoms with E-state index in [0.717, 1.165) is 5.69 Å². The molecule has 4 aromatic heterocycles. The summed E-state index contributed by atoms with van der Waals surface area (Å²) < 4.78 is 3.12. The lowest BCUT2D eigenvalue weighted by Gasteiger charge is -2.20. The second-order valence-corrected chi connectivity index (χ2v) is 7.74. The van der Waals surface area contributed by atoms with Crippen LogP contribution in [0.25, 0.3) is 21.9 Å². The van der Waals surface area contributed by atoms with Crippen LogP contribution >= 0.6 is 11.3 Å². The highest BCUT2D eigenvalue weighted by Crippen LogP contribution is 2.33. The van der Waals surface area contributed by atoms with Crippen LogP contribution in [-0.2, 0) is 0 Å². The minimum Gasteiger partial charge on any atom is -0.383 e. The number of thiazole rings is 1. The molecule has 9 nitrogen and oxygen atoms in total. The quantitative estimate of drug-likeness (QED) is 0.440. The Kier molecular flexibility index (Phi) is 4.68. The largest absolute Gasteiger partial charge is 0.383 e. The fourth-order valence-electron chi connectivity index (χ4n) is 3.44. The maximum absolute atomic E-state index is 13.3. The average Bonchev–Trinajstić information content (AvgIpc) is 3.46. The van der Waals surface area contributed by atoms with Crippen molar-refractivity contribution in [2.45, 2.75) is 13.0 Å². The Hall–Kier alpha value is -4.05. The van der Waals surface area contributed by atoms with Crippen LogP contribution in [0.15, 0.2) is 71.4 Å². The van der Waals surface area contributed by atoms with Gasteiger partial charge in [-0.15, -0.1) is 11.3 Å². The lowest BCUT2D eigenvalue weighted by Crippen LogP contribution is -2.31. The molecule has 5 aromatic rings. The summed E-state index contributed by atoms with van der Waals surface area (Å²) in [7, 11) is 0. The summed E-state index contributed by atoms with van der Waals surface area (Å²) in [5.41, 5.74) is 7.85. The summed E-state index contributed by atoms with van der Waals surface area (Å²) in [6, 6.07) is 12.6. The van der Waals surface area contributed by atoms with Crippen molar-refractivity contribution in [3.05, 3.63) is 82.9 Å². The van der Waals surface area contributed by atoms with E-state index in [2.05, 4.69) is 20.3 Å². The summed E-state index contributed by atoms with van der Waals surface area (Å²) >= 11 is 1.45. The molecule has 0 fully saturated rings. The number of para-hydroxylation sites is 1. The minimum absolute atomic E-state index is 0.202. The van der Waals surface area contributed by atoms with E-state index in [1.807, 2.05) is 42.6 Å². The number of hydrogen-bond donors (Lipinski definition) is 2. The summed E-state index contributed by atoms with van der Waals surface area (Å²) in [5, 5.41) is 5.93. The van der Waals surface area contributed by atoms with E-state index in [1.54, 1.807) is 29.1 Å². The molecule has 1 unspecified atom stereocenters. The number of nitrogens with zero attached hydrogens (tertiary/aromatic N) is 6. The van der Waals surface area contributed by atoms with E-state index in [-0.39, 0.29) is 11.7 Å². The van der Waals surface area contributed by atoms with Gasteiger partial charge in [-0.1, -0.05) is 18.2 Å². The van der Waals surface area contributed by atoms with Crippen LogP contribution in [0.3, 0.4) is 0 Å². The van der Waals surface area contributed by atoms with Crippen LogP contribution in [0.1, 0.15) is 18.8 Å². The third-order valence-electron chi connectivity index (χ3n) is 4.86. The van der Waals surface area contributed by atoms with Crippen LogP contribution in [0.4, 0.5) is 11.6 Å². The summed E-state index contributed by atoms with van der Waals surface area (Å²) in [5.74, 6) is 1.40. The van der Waals surface area contributed by atoms with Crippen molar-refractivity contribution in [1.29, 1.82) is 0 Å². The zero-order valence-electron chi connectivity index (χ0n) is 16.5. The Morgan fingerprint density at radius 1 is 1.10 bits per heavy atom.